The molecule has 4 atom stereocenters. The van der Waals surface area contributed by atoms with Gasteiger partial charge in [-0.2, -0.15) is 0 Å². The number of carbonyl (C=O) groups excluding carboxylic acids is 2. The fourth-order valence-electron chi connectivity index (χ4n) is 3.27. The van der Waals surface area contributed by atoms with Crippen LogP contribution in [0.3, 0.4) is 0 Å². The lowest BCUT2D eigenvalue weighted by Gasteiger charge is -2.38. The largest absolute Gasteiger partial charge is 0.545 e. The molecule has 1 aliphatic carbocycles. The Balaban J connectivity index is 2.38. The summed E-state index contributed by atoms with van der Waals surface area (Å²) in [6, 6.07) is -0.530. The lowest BCUT2D eigenvalue weighted by Crippen LogP contribution is -2.58. The van der Waals surface area contributed by atoms with Crippen LogP contribution >= 0.6 is 0 Å². The highest BCUT2D eigenvalue weighted by atomic mass is 16.8. The van der Waals surface area contributed by atoms with Crippen molar-refractivity contribution in [2.75, 3.05) is 0 Å². The lowest BCUT2D eigenvalue weighted by atomic mass is 9.87. The van der Waals surface area contributed by atoms with Gasteiger partial charge in [0.25, 0.3) is 0 Å². The van der Waals surface area contributed by atoms with Crippen molar-refractivity contribution in [1.29, 1.82) is 0 Å². The van der Waals surface area contributed by atoms with Crippen molar-refractivity contribution < 1.29 is 28.9 Å². The van der Waals surface area contributed by atoms with Gasteiger partial charge in [-0.3, -0.25) is 4.79 Å². The van der Waals surface area contributed by atoms with Crippen LogP contribution < -0.4 is 10.4 Å². The zero-order valence-corrected chi connectivity index (χ0v) is 14.8. The molecule has 0 aromatic carbocycles. The van der Waals surface area contributed by atoms with Gasteiger partial charge < -0.3 is 29.4 Å². The highest BCUT2D eigenvalue weighted by Crippen LogP contribution is 2.38. The van der Waals surface area contributed by atoms with Crippen LogP contribution in [0.5, 0.6) is 0 Å². The Bertz CT molecular complexity index is 525. The molecule has 0 spiro atoms. The molecule has 1 heterocycles. The third-order valence-corrected chi connectivity index (χ3v) is 4.35. The molecule has 1 amide bonds. The van der Waals surface area contributed by atoms with Crippen LogP contribution in [0, 0.1) is 0 Å². The van der Waals surface area contributed by atoms with E-state index in [9.17, 15) is 14.7 Å². The average molecular weight is 340 g/mol. The Morgan fingerprint density at radius 2 is 1.96 bits per heavy atom. The van der Waals surface area contributed by atoms with Crippen LogP contribution in [-0.2, 0) is 23.8 Å². The maximum absolute atomic E-state index is 11.6. The molecule has 0 radical (unpaired) electrons. The van der Waals surface area contributed by atoms with E-state index in [0.29, 0.717) is 0 Å². The molecule has 0 bridgehead atoms. The van der Waals surface area contributed by atoms with Gasteiger partial charge in [0.1, 0.15) is 12.2 Å². The predicted molar refractivity (Wildman–Crippen MR) is 83.8 cm³/mol. The topological polar surface area (TPSA) is 96.9 Å². The van der Waals surface area contributed by atoms with E-state index in [4.69, 9.17) is 14.2 Å². The summed E-state index contributed by atoms with van der Waals surface area (Å²) in [4.78, 5) is 23.2. The maximum atomic E-state index is 11.6. The number of carboxylic acids is 1. The Morgan fingerprint density at radius 1 is 1.33 bits per heavy atom. The van der Waals surface area contributed by atoms with E-state index in [2.05, 4.69) is 5.32 Å². The molecule has 0 aromatic rings. The second-order valence-corrected chi connectivity index (χ2v) is 6.70. The minimum absolute atomic E-state index is 0.00290. The van der Waals surface area contributed by atoms with Crippen LogP contribution in [0.25, 0.3) is 0 Å². The number of nitrogens with one attached hydrogen (secondary N) is 1. The van der Waals surface area contributed by atoms with Crippen molar-refractivity contribution in [2.24, 2.45) is 0 Å². The van der Waals surface area contributed by atoms with E-state index in [1.165, 1.54) is 13.0 Å². The smallest absolute Gasteiger partial charge is 0.217 e. The molecule has 0 saturated carbocycles. The van der Waals surface area contributed by atoms with Gasteiger partial charge in [-0.05, 0) is 32.8 Å². The molecule has 24 heavy (non-hydrogen) atoms. The van der Waals surface area contributed by atoms with E-state index >= 15 is 0 Å². The molecular formula is C17H26NO6-. The molecule has 1 N–H and O–H groups in total. The number of hydrogen-bond donors (Lipinski definition) is 1. The molecule has 0 unspecified atom stereocenters. The first-order chi connectivity index (χ1) is 11.2. The van der Waals surface area contributed by atoms with Crippen molar-refractivity contribution in [3.63, 3.8) is 0 Å². The first-order valence-corrected chi connectivity index (χ1v) is 8.39. The quantitative estimate of drug-likeness (QED) is 0.746. The average Bonchev–Trinajstić information content (AvgIpc) is 2.80. The molecule has 1 aliphatic heterocycles. The van der Waals surface area contributed by atoms with E-state index in [1.807, 2.05) is 13.8 Å². The Labute approximate surface area is 142 Å². The van der Waals surface area contributed by atoms with E-state index in [-0.39, 0.29) is 17.6 Å². The minimum atomic E-state index is -1.31. The lowest BCUT2D eigenvalue weighted by molar-refractivity contribution is -0.300. The van der Waals surface area contributed by atoms with E-state index in [0.717, 1.165) is 12.8 Å². The monoisotopic (exact) mass is 340 g/mol. The molecule has 1 saturated heterocycles. The van der Waals surface area contributed by atoms with Gasteiger partial charge in [0.15, 0.2) is 5.79 Å². The number of carboxylic acid groups (broad SMARTS) is 1. The number of amides is 1. The normalized spacial score (nSPS) is 31.5. The van der Waals surface area contributed by atoms with Crippen LogP contribution in [0.2, 0.25) is 0 Å². The van der Waals surface area contributed by atoms with Crippen molar-refractivity contribution in [3.05, 3.63) is 11.6 Å². The van der Waals surface area contributed by atoms with Gasteiger partial charge in [-0.15, -0.1) is 0 Å². The van der Waals surface area contributed by atoms with Crippen molar-refractivity contribution in [1.82, 2.24) is 5.32 Å². The first kappa shape index (κ1) is 18.9. The summed E-state index contributed by atoms with van der Waals surface area (Å²) >= 11 is 0. The van der Waals surface area contributed by atoms with Gasteiger partial charge in [0.2, 0.25) is 5.91 Å². The number of rotatable bonds is 6. The number of ether oxygens (including phenoxy) is 3. The molecule has 136 valence electrons. The first-order valence-electron chi connectivity index (χ1n) is 8.39. The molecule has 7 nitrogen and oxygen atoms in total. The van der Waals surface area contributed by atoms with Crippen molar-refractivity contribution in [3.8, 4) is 0 Å². The molecule has 1 fully saturated rings. The Hall–Kier alpha value is -1.44. The Morgan fingerprint density at radius 3 is 2.46 bits per heavy atom. The third-order valence-electron chi connectivity index (χ3n) is 4.35. The fourth-order valence-corrected chi connectivity index (χ4v) is 3.27. The number of aliphatic carboxylic acids is 1. The maximum Gasteiger partial charge on any atom is 0.217 e. The summed E-state index contributed by atoms with van der Waals surface area (Å²) < 4.78 is 17.6. The molecular weight excluding hydrogens is 314 g/mol. The zero-order chi connectivity index (χ0) is 18.1. The van der Waals surface area contributed by atoms with E-state index in [1.54, 1.807) is 13.8 Å². The molecule has 2 aliphatic rings. The third kappa shape index (κ3) is 3.96. The van der Waals surface area contributed by atoms with Gasteiger partial charge in [0.05, 0.1) is 24.2 Å². The van der Waals surface area contributed by atoms with Crippen LogP contribution in [-0.4, -0.2) is 48.1 Å². The van der Waals surface area contributed by atoms with Crippen molar-refractivity contribution >= 4 is 11.9 Å². The number of carbonyl (C=O) groups is 2. The predicted octanol–water partition coefficient (Wildman–Crippen LogP) is 0.275. The summed E-state index contributed by atoms with van der Waals surface area (Å²) in [6.07, 6.45) is 0.934. The standard InChI is InChI=1S/C17H27NO6/c1-6-10(7-2)22-12-8-11(16(20)21)14-15(13(12)18-9(3)19)24-17(4,5)23-14/h8,10,12-15H,6-7H2,1-5H3,(H,18,19)(H,20,21)/p-1/t12-,13+,14-,15+/m1/s1. The van der Waals surface area contributed by atoms with E-state index < -0.39 is 36.1 Å². The van der Waals surface area contributed by atoms with Gasteiger partial charge in [0, 0.05) is 12.5 Å². The van der Waals surface area contributed by atoms with Crippen LogP contribution in [0.1, 0.15) is 47.5 Å². The van der Waals surface area contributed by atoms with Crippen LogP contribution in [0.4, 0.5) is 0 Å². The van der Waals surface area contributed by atoms with Gasteiger partial charge in [-0.25, -0.2) is 0 Å². The summed E-state index contributed by atoms with van der Waals surface area (Å²) in [5.41, 5.74) is 0.00290. The SMILES string of the molecule is CCC(CC)O[C@@H]1C=C(C(=O)[O-])[C@H]2OC(C)(C)O[C@H]2[C@H]1NC(C)=O. The fraction of sp³-hybridized carbons (Fsp3) is 0.765. The Kier molecular flexibility index (Phi) is 5.67. The number of fused-ring (bicyclic) bond motifs is 1. The molecule has 0 aromatic heterocycles. The highest BCUT2D eigenvalue weighted by Gasteiger charge is 2.52. The zero-order valence-electron chi connectivity index (χ0n) is 14.8. The van der Waals surface area contributed by atoms with Crippen LogP contribution in [0.15, 0.2) is 11.6 Å². The van der Waals surface area contributed by atoms with Gasteiger partial charge >= 0.3 is 0 Å². The summed E-state index contributed by atoms with van der Waals surface area (Å²) in [5, 5.41) is 14.4. The van der Waals surface area contributed by atoms with Crippen molar-refractivity contribution in [2.45, 2.75) is 83.7 Å². The molecule has 7 heteroatoms. The summed E-state index contributed by atoms with van der Waals surface area (Å²) in [7, 11) is 0. The highest BCUT2D eigenvalue weighted by molar-refractivity contribution is 5.87. The van der Waals surface area contributed by atoms with Gasteiger partial charge in [-0.1, -0.05) is 13.8 Å². The number of hydrogen-bond acceptors (Lipinski definition) is 6. The summed E-state index contributed by atoms with van der Waals surface area (Å²) in [5.74, 6) is -2.51. The second-order valence-electron chi connectivity index (χ2n) is 6.70. The second kappa shape index (κ2) is 7.21. The molecule has 2 rings (SSSR count). The minimum Gasteiger partial charge on any atom is -0.545 e. The summed E-state index contributed by atoms with van der Waals surface area (Å²) in [6.45, 7) is 8.81.